The number of nitrogens with one attached hydrogen (secondary N) is 1. The Kier molecular flexibility index (Phi) is 3.06. The van der Waals surface area contributed by atoms with Crippen LogP contribution in [0.2, 0.25) is 0 Å². The molecule has 0 saturated carbocycles. The summed E-state index contributed by atoms with van der Waals surface area (Å²) in [6, 6.07) is -0.597. The average molecular weight is 217 g/mol. The van der Waals surface area contributed by atoms with Crippen LogP contribution in [0, 0.1) is 0 Å². The van der Waals surface area contributed by atoms with Crippen molar-refractivity contribution in [2.24, 2.45) is 5.16 Å². The molecule has 0 bridgehead atoms. The maximum Gasteiger partial charge on any atom is 0.0936 e. The first-order valence-corrected chi connectivity index (χ1v) is 4.87. The lowest BCUT2D eigenvalue weighted by molar-refractivity contribution is -0.237. The molecule has 0 spiro atoms. The number of hydrogen-bond acceptors (Lipinski definition) is 6. The van der Waals surface area contributed by atoms with Crippen LogP contribution in [0.15, 0.2) is 5.16 Å². The second kappa shape index (κ2) is 3.71. The van der Waals surface area contributed by atoms with Gasteiger partial charge in [0.15, 0.2) is 0 Å². The summed E-state index contributed by atoms with van der Waals surface area (Å²) in [4.78, 5) is 0. The van der Waals surface area contributed by atoms with Crippen LogP contribution < -0.4 is 5.48 Å². The monoisotopic (exact) mass is 217 g/mol. The summed E-state index contributed by atoms with van der Waals surface area (Å²) >= 11 is 0. The van der Waals surface area contributed by atoms with Crippen molar-refractivity contribution in [3.63, 3.8) is 0 Å². The van der Waals surface area contributed by atoms with Crippen molar-refractivity contribution < 1.29 is 15.6 Å². The first-order chi connectivity index (χ1) is 6.77. The van der Waals surface area contributed by atoms with Gasteiger partial charge in [-0.25, -0.2) is 0 Å². The second-order valence-corrected chi connectivity index (χ2v) is 5.11. The van der Waals surface area contributed by atoms with Crippen molar-refractivity contribution in [1.29, 1.82) is 0 Å². The molecule has 0 aromatic carbocycles. The molecule has 4 N–H and O–H groups in total. The van der Waals surface area contributed by atoms with Crippen molar-refractivity contribution >= 4 is 5.71 Å². The molecule has 1 aliphatic heterocycles. The van der Waals surface area contributed by atoms with Crippen LogP contribution in [0.5, 0.6) is 0 Å². The van der Waals surface area contributed by atoms with E-state index in [1.165, 1.54) is 5.06 Å². The Morgan fingerprint density at radius 3 is 2.33 bits per heavy atom. The molecule has 88 valence electrons. The fourth-order valence-corrected chi connectivity index (χ4v) is 2.26. The maximum absolute atomic E-state index is 10.0. The van der Waals surface area contributed by atoms with Crippen molar-refractivity contribution in [3.8, 4) is 0 Å². The first kappa shape index (κ1) is 12.4. The summed E-state index contributed by atoms with van der Waals surface area (Å²) in [6.07, 6.45) is 0.377. The van der Waals surface area contributed by atoms with Gasteiger partial charge in [-0.15, -0.1) is 0 Å². The summed E-state index contributed by atoms with van der Waals surface area (Å²) < 4.78 is 0. The molecule has 0 aromatic rings. The molecule has 0 amide bonds. The van der Waals surface area contributed by atoms with Gasteiger partial charge < -0.3 is 15.6 Å². The molecular formula is C9H19N3O3. The van der Waals surface area contributed by atoms with Crippen LogP contribution in [0.4, 0.5) is 0 Å². The van der Waals surface area contributed by atoms with Gasteiger partial charge in [-0.1, -0.05) is 5.16 Å². The third kappa shape index (κ3) is 1.85. The summed E-state index contributed by atoms with van der Waals surface area (Å²) in [7, 11) is 0. The van der Waals surface area contributed by atoms with Gasteiger partial charge in [0.1, 0.15) is 0 Å². The molecule has 1 rings (SSSR count). The summed E-state index contributed by atoms with van der Waals surface area (Å²) in [5.74, 6) is 0. The number of nitrogens with zero attached hydrogens (tertiary/aromatic N) is 2. The molecule has 6 heteroatoms. The van der Waals surface area contributed by atoms with Gasteiger partial charge in [-0.2, -0.15) is 10.5 Å². The summed E-state index contributed by atoms with van der Waals surface area (Å²) in [5, 5.41) is 32.3. The SMILES string of the molecule is CC1(C)C/C(=N/O)C(NO)C(C)(C)N1O. The number of piperidine rings is 1. The maximum atomic E-state index is 10.0. The van der Waals surface area contributed by atoms with Crippen LogP contribution in [-0.2, 0) is 0 Å². The van der Waals surface area contributed by atoms with Crippen LogP contribution in [0.3, 0.4) is 0 Å². The molecule has 6 nitrogen and oxygen atoms in total. The molecule has 1 aliphatic rings. The van der Waals surface area contributed by atoms with E-state index in [0.29, 0.717) is 12.1 Å². The minimum atomic E-state index is -0.752. The minimum absolute atomic E-state index is 0.377. The number of hydroxylamine groups is 3. The molecule has 15 heavy (non-hydrogen) atoms. The van der Waals surface area contributed by atoms with Gasteiger partial charge in [0.25, 0.3) is 0 Å². The van der Waals surface area contributed by atoms with Gasteiger partial charge in [0.2, 0.25) is 0 Å². The van der Waals surface area contributed by atoms with Gasteiger partial charge >= 0.3 is 0 Å². The molecular weight excluding hydrogens is 198 g/mol. The van der Waals surface area contributed by atoms with Crippen molar-refractivity contribution in [2.45, 2.75) is 51.2 Å². The average Bonchev–Trinajstić information content (AvgIpc) is 2.13. The van der Waals surface area contributed by atoms with Crippen molar-refractivity contribution in [2.75, 3.05) is 0 Å². The zero-order valence-corrected chi connectivity index (χ0v) is 9.52. The Labute approximate surface area is 89.1 Å². The molecule has 1 fully saturated rings. The van der Waals surface area contributed by atoms with Crippen molar-refractivity contribution in [3.05, 3.63) is 0 Å². The van der Waals surface area contributed by atoms with Crippen LogP contribution >= 0.6 is 0 Å². The highest BCUT2D eigenvalue weighted by Crippen LogP contribution is 2.35. The topological polar surface area (TPSA) is 88.3 Å². The lowest BCUT2D eigenvalue weighted by atomic mass is 9.77. The fourth-order valence-electron chi connectivity index (χ4n) is 2.26. The van der Waals surface area contributed by atoms with E-state index >= 15 is 0 Å². The van der Waals surface area contributed by atoms with E-state index in [4.69, 9.17) is 10.4 Å². The Morgan fingerprint density at radius 1 is 1.40 bits per heavy atom. The predicted octanol–water partition coefficient (Wildman–Crippen LogP) is 0.816. The smallest absolute Gasteiger partial charge is 0.0936 e. The standard InChI is InChI=1S/C9H19N3O3/c1-8(2)5-6(10-13)7(11-14)9(3,4)12(8)15/h7,11,13-15H,5H2,1-4H3/b10-6-. The molecule has 0 aromatic heterocycles. The summed E-state index contributed by atoms with van der Waals surface area (Å²) in [6.45, 7) is 7.20. The third-order valence-electron chi connectivity index (χ3n) is 3.03. The summed E-state index contributed by atoms with van der Waals surface area (Å²) in [5.41, 5.74) is 1.22. The van der Waals surface area contributed by atoms with E-state index in [9.17, 15) is 5.21 Å². The normalized spacial score (nSPS) is 33.2. The lowest BCUT2D eigenvalue weighted by Gasteiger charge is -2.52. The molecule has 1 unspecified atom stereocenters. The van der Waals surface area contributed by atoms with Gasteiger partial charge in [-0.05, 0) is 27.7 Å². The molecule has 1 atom stereocenters. The third-order valence-corrected chi connectivity index (χ3v) is 3.03. The fraction of sp³-hybridized carbons (Fsp3) is 0.889. The highest BCUT2D eigenvalue weighted by molar-refractivity contribution is 5.92. The Hall–Kier alpha value is -0.690. The minimum Gasteiger partial charge on any atom is -0.411 e. The Balaban J connectivity index is 3.13. The number of rotatable bonds is 1. The highest BCUT2D eigenvalue weighted by atomic mass is 16.5. The molecule has 1 saturated heterocycles. The first-order valence-electron chi connectivity index (χ1n) is 4.87. The predicted molar refractivity (Wildman–Crippen MR) is 54.3 cm³/mol. The largest absolute Gasteiger partial charge is 0.411 e. The Bertz CT molecular complexity index is 276. The van der Waals surface area contributed by atoms with E-state index in [1.807, 2.05) is 13.8 Å². The lowest BCUT2D eigenvalue weighted by Crippen LogP contribution is -2.69. The van der Waals surface area contributed by atoms with Gasteiger partial charge in [0.05, 0.1) is 17.3 Å². The number of oxime groups is 1. The molecule has 1 heterocycles. The molecule has 0 radical (unpaired) electrons. The number of hydrogen-bond donors (Lipinski definition) is 4. The van der Waals surface area contributed by atoms with Crippen LogP contribution in [-0.4, -0.2) is 43.5 Å². The van der Waals surface area contributed by atoms with Gasteiger partial charge in [-0.3, -0.25) is 0 Å². The highest BCUT2D eigenvalue weighted by Gasteiger charge is 2.50. The quantitative estimate of drug-likeness (QED) is 0.386. The Morgan fingerprint density at radius 2 is 1.93 bits per heavy atom. The van der Waals surface area contributed by atoms with E-state index in [2.05, 4.69) is 10.6 Å². The zero-order chi connectivity index (χ0) is 11.9. The van der Waals surface area contributed by atoms with Gasteiger partial charge in [0, 0.05) is 12.0 Å². The zero-order valence-electron chi connectivity index (χ0n) is 9.52. The van der Waals surface area contributed by atoms with E-state index in [1.54, 1.807) is 13.8 Å². The van der Waals surface area contributed by atoms with Crippen LogP contribution in [0.1, 0.15) is 34.1 Å². The second-order valence-electron chi connectivity index (χ2n) is 5.11. The van der Waals surface area contributed by atoms with E-state index < -0.39 is 17.1 Å². The van der Waals surface area contributed by atoms with Crippen molar-refractivity contribution in [1.82, 2.24) is 10.5 Å². The molecule has 0 aliphatic carbocycles. The van der Waals surface area contributed by atoms with E-state index in [0.717, 1.165) is 0 Å². The van der Waals surface area contributed by atoms with Crippen LogP contribution in [0.25, 0.3) is 0 Å². The van der Waals surface area contributed by atoms with E-state index in [-0.39, 0.29) is 0 Å².